The zero-order chi connectivity index (χ0) is 19.9. The maximum atomic E-state index is 13.8. The number of anilines is 1. The molecule has 1 fully saturated rings. The van der Waals surface area contributed by atoms with Crippen molar-refractivity contribution in [1.29, 1.82) is 0 Å². The van der Waals surface area contributed by atoms with Crippen molar-refractivity contribution in [2.75, 3.05) is 4.90 Å². The quantitative estimate of drug-likeness (QED) is 0.495. The highest BCUT2D eigenvalue weighted by Gasteiger charge is 2.66. The summed E-state index contributed by atoms with van der Waals surface area (Å²) < 4.78 is 0.853. The second-order valence-electron chi connectivity index (χ2n) is 8.35. The highest BCUT2D eigenvalue weighted by Crippen LogP contribution is 2.64. The summed E-state index contributed by atoms with van der Waals surface area (Å²) in [6.07, 6.45) is 0. The topological polar surface area (TPSA) is 37.4 Å². The largest absolute Gasteiger partial charge is 0.274 e. The summed E-state index contributed by atoms with van der Waals surface area (Å²) in [5.74, 6) is -1.00. The van der Waals surface area contributed by atoms with Crippen LogP contribution in [0.15, 0.2) is 77.3 Å². The number of benzene rings is 3. The molecule has 3 aromatic rings. The summed E-state index contributed by atoms with van der Waals surface area (Å²) in [7, 11) is 0. The first kappa shape index (κ1) is 17.2. The maximum Gasteiger partial charge on any atom is 0.238 e. The number of imide groups is 1. The van der Waals surface area contributed by atoms with Crippen LogP contribution in [0.1, 0.15) is 35.1 Å². The number of carbonyl (C=O) groups excluding carboxylic acids is 2. The Kier molecular flexibility index (Phi) is 3.35. The Balaban J connectivity index is 1.63. The zero-order valence-corrected chi connectivity index (χ0v) is 17.4. The summed E-state index contributed by atoms with van der Waals surface area (Å²) in [6, 6.07) is 24.1. The molecule has 29 heavy (non-hydrogen) atoms. The van der Waals surface area contributed by atoms with E-state index in [0.717, 1.165) is 4.47 Å². The van der Waals surface area contributed by atoms with Crippen molar-refractivity contribution >= 4 is 33.4 Å². The second-order valence-corrected chi connectivity index (χ2v) is 9.27. The molecule has 0 saturated carbocycles. The molecule has 0 spiro atoms. The second kappa shape index (κ2) is 5.67. The van der Waals surface area contributed by atoms with E-state index >= 15 is 0 Å². The third-order valence-electron chi connectivity index (χ3n) is 7.11. The first-order chi connectivity index (χ1) is 14.0. The number of carbonyl (C=O) groups is 2. The van der Waals surface area contributed by atoms with Crippen LogP contribution in [-0.4, -0.2) is 11.8 Å². The lowest BCUT2D eigenvalue weighted by Gasteiger charge is -2.52. The van der Waals surface area contributed by atoms with Crippen LogP contribution in [0.4, 0.5) is 5.69 Å². The fourth-order valence-electron chi connectivity index (χ4n) is 6.02. The van der Waals surface area contributed by atoms with Gasteiger partial charge < -0.3 is 0 Å². The third kappa shape index (κ3) is 1.98. The van der Waals surface area contributed by atoms with Gasteiger partial charge in [-0.05, 0) is 40.5 Å². The van der Waals surface area contributed by atoms with E-state index in [0.29, 0.717) is 5.69 Å². The van der Waals surface area contributed by atoms with Gasteiger partial charge in [-0.1, -0.05) is 77.5 Å². The Bertz CT molecular complexity index is 1170. The maximum absolute atomic E-state index is 13.8. The molecule has 3 aromatic carbocycles. The molecule has 3 aliphatic carbocycles. The van der Waals surface area contributed by atoms with Crippen LogP contribution in [0.5, 0.6) is 0 Å². The van der Waals surface area contributed by atoms with Crippen LogP contribution < -0.4 is 4.90 Å². The monoisotopic (exact) mass is 443 g/mol. The lowest BCUT2D eigenvalue weighted by Crippen LogP contribution is -2.51. The van der Waals surface area contributed by atoms with Gasteiger partial charge in [0.25, 0.3) is 0 Å². The number of halogens is 1. The predicted octanol–water partition coefficient (Wildman–Crippen LogP) is 5.02. The van der Waals surface area contributed by atoms with Gasteiger partial charge in [0, 0.05) is 15.8 Å². The van der Waals surface area contributed by atoms with E-state index < -0.39 is 5.41 Å². The van der Waals surface area contributed by atoms with Gasteiger partial charge in [0.2, 0.25) is 11.8 Å². The van der Waals surface area contributed by atoms with E-state index in [1.807, 2.05) is 48.5 Å². The van der Waals surface area contributed by atoms with Gasteiger partial charge >= 0.3 is 0 Å². The van der Waals surface area contributed by atoms with E-state index in [4.69, 9.17) is 0 Å². The van der Waals surface area contributed by atoms with Crippen molar-refractivity contribution in [3.8, 4) is 0 Å². The number of amides is 2. The minimum absolute atomic E-state index is 0.0807. The van der Waals surface area contributed by atoms with Crippen LogP contribution in [0.3, 0.4) is 0 Å². The van der Waals surface area contributed by atoms with Crippen LogP contribution >= 0.6 is 15.9 Å². The SMILES string of the molecule is CC12c3ccccc3C(c3ccccc31)[C@H]1C(=O)N(c3cccc(Br)c3)C(=O)[C@@H]12. The van der Waals surface area contributed by atoms with Crippen LogP contribution in [0, 0.1) is 11.8 Å². The zero-order valence-electron chi connectivity index (χ0n) is 15.8. The molecule has 4 aliphatic rings. The molecule has 1 heterocycles. The molecular weight excluding hydrogens is 426 g/mol. The third-order valence-corrected chi connectivity index (χ3v) is 7.60. The molecular formula is C25H18BrNO2. The van der Waals surface area contributed by atoms with E-state index in [1.165, 1.54) is 27.2 Å². The standard InChI is InChI=1S/C25H18BrNO2/c1-25-18-11-4-2-9-16(18)20(17-10-3-5-12-19(17)25)21-22(25)24(29)27(23(21)28)15-8-6-7-14(26)13-15/h2-13,20-22H,1H3/t20?,21-,22-,25?/m1/s1. The van der Waals surface area contributed by atoms with Crippen LogP contribution in [0.2, 0.25) is 0 Å². The van der Waals surface area contributed by atoms with Gasteiger partial charge in [-0.25, -0.2) is 4.90 Å². The molecule has 142 valence electrons. The molecule has 2 amide bonds. The molecule has 2 atom stereocenters. The van der Waals surface area contributed by atoms with E-state index in [-0.39, 0.29) is 29.6 Å². The number of hydrogen-bond donors (Lipinski definition) is 0. The smallest absolute Gasteiger partial charge is 0.238 e. The summed E-state index contributed by atoms with van der Waals surface area (Å²) in [6.45, 7) is 2.15. The van der Waals surface area contributed by atoms with Crippen molar-refractivity contribution in [2.45, 2.75) is 18.3 Å². The fraction of sp³-hybridized carbons (Fsp3) is 0.200. The molecule has 4 heteroatoms. The summed E-state index contributed by atoms with van der Waals surface area (Å²) >= 11 is 3.47. The number of nitrogens with zero attached hydrogens (tertiary/aromatic N) is 1. The summed E-state index contributed by atoms with van der Waals surface area (Å²) in [5.41, 5.74) is 4.86. The van der Waals surface area contributed by atoms with Crippen molar-refractivity contribution in [1.82, 2.24) is 0 Å². The number of rotatable bonds is 1. The Morgan fingerprint density at radius 2 is 1.45 bits per heavy atom. The highest BCUT2D eigenvalue weighted by atomic mass is 79.9. The van der Waals surface area contributed by atoms with Gasteiger partial charge in [-0.15, -0.1) is 0 Å². The molecule has 0 N–H and O–H groups in total. The molecule has 0 aromatic heterocycles. The van der Waals surface area contributed by atoms with Crippen molar-refractivity contribution in [3.05, 3.63) is 99.5 Å². The molecule has 0 unspecified atom stereocenters. The average Bonchev–Trinajstić information content (AvgIpc) is 3.00. The van der Waals surface area contributed by atoms with E-state index in [1.54, 1.807) is 0 Å². The Morgan fingerprint density at radius 3 is 2.07 bits per heavy atom. The predicted molar refractivity (Wildman–Crippen MR) is 115 cm³/mol. The lowest BCUT2D eigenvalue weighted by atomic mass is 9.48. The summed E-state index contributed by atoms with van der Waals surface area (Å²) in [4.78, 5) is 28.9. The molecule has 1 aliphatic heterocycles. The molecule has 7 rings (SSSR count). The van der Waals surface area contributed by atoms with Crippen molar-refractivity contribution in [2.24, 2.45) is 11.8 Å². The Hall–Kier alpha value is -2.72. The summed E-state index contributed by atoms with van der Waals surface area (Å²) in [5, 5.41) is 0. The van der Waals surface area contributed by atoms with Gasteiger partial charge in [-0.3, -0.25) is 9.59 Å². The van der Waals surface area contributed by atoms with Crippen molar-refractivity contribution in [3.63, 3.8) is 0 Å². The van der Waals surface area contributed by atoms with Crippen molar-refractivity contribution < 1.29 is 9.59 Å². The van der Waals surface area contributed by atoms with E-state index in [2.05, 4.69) is 47.1 Å². The van der Waals surface area contributed by atoms with E-state index in [9.17, 15) is 9.59 Å². The fourth-order valence-corrected chi connectivity index (χ4v) is 6.41. The minimum Gasteiger partial charge on any atom is -0.274 e. The minimum atomic E-state index is -0.514. The van der Waals surface area contributed by atoms with Crippen LogP contribution in [-0.2, 0) is 15.0 Å². The molecule has 3 nitrogen and oxygen atoms in total. The highest BCUT2D eigenvalue weighted by molar-refractivity contribution is 9.10. The van der Waals surface area contributed by atoms with Crippen LogP contribution in [0.25, 0.3) is 0 Å². The van der Waals surface area contributed by atoms with Gasteiger partial charge in [0.05, 0.1) is 17.5 Å². The van der Waals surface area contributed by atoms with Gasteiger partial charge in [-0.2, -0.15) is 0 Å². The van der Waals surface area contributed by atoms with Gasteiger partial charge in [0.15, 0.2) is 0 Å². The van der Waals surface area contributed by atoms with Gasteiger partial charge in [0.1, 0.15) is 0 Å². The molecule has 2 bridgehead atoms. The Labute approximate surface area is 177 Å². The Morgan fingerprint density at radius 1 is 0.828 bits per heavy atom. The molecule has 0 radical (unpaired) electrons. The number of hydrogen-bond acceptors (Lipinski definition) is 2. The average molecular weight is 444 g/mol. The normalized spacial score (nSPS) is 28.9. The molecule has 1 saturated heterocycles. The first-order valence-electron chi connectivity index (χ1n) is 9.85. The first-order valence-corrected chi connectivity index (χ1v) is 10.6. The lowest BCUT2D eigenvalue weighted by molar-refractivity contribution is -0.123.